The highest BCUT2D eigenvalue weighted by Gasteiger charge is 2.32. The van der Waals surface area contributed by atoms with Gasteiger partial charge in [-0.15, -0.1) is 21.5 Å². The van der Waals surface area contributed by atoms with Crippen molar-refractivity contribution in [2.75, 3.05) is 13.1 Å². The summed E-state index contributed by atoms with van der Waals surface area (Å²) in [5, 5.41) is 23.9. The molecule has 172 valence electrons. The lowest BCUT2D eigenvalue weighted by atomic mass is 9.99. The first kappa shape index (κ1) is 22.9. The number of hydrogen-bond acceptors (Lipinski definition) is 6. The third kappa shape index (κ3) is 4.62. The van der Waals surface area contributed by atoms with E-state index in [1.807, 2.05) is 35.8 Å². The van der Waals surface area contributed by atoms with Crippen LogP contribution in [0.15, 0.2) is 29.3 Å². The van der Waals surface area contributed by atoms with Crippen molar-refractivity contribution in [3.63, 3.8) is 0 Å². The van der Waals surface area contributed by atoms with Crippen LogP contribution >= 0.6 is 22.9 Å². The molecule has 3 heterocycles. The number of halogens is 1. The zero-order valence-corrected chi connectivity index (χ0v) is 19.9. The molecule has 0 bridgehead atoms. The first-order valence-electron chi connectivity index (χ1n) is 10.4. The van der Waals surface area contributed by atoms with E-state index in [4.69, 9.17) is 21.7 Å². The Bertz CT molecular complexity index is 1250. The van der Waals surface area contributed by atoms with Crippen molar-refractivity contribution >= 4 is 40.6 Å². The van der Waals surface area contributed by atoms with Crippen LogP contribution in [0.2, 0.25) is 5.02 Å². The first-order chi connectivity index (χ1) is 15.8. The van der Waals surface area contributed by atoms with E-state index in [1.54, 1.807) is 11.3 Å². The minimum atomic E-state index is -1.13. The van der Waals surface area contributed by atoms with Crippen LogP contribution in [0.25, 0.3) is 5.00 Å². The predicted molar refractivity (Wildman–Crippen MR) is 127 cm³/mol. The lowest BCUT2D eigenvalue weighted by Gasteiger charge is -2.13. The number of benzene rings is 1. The van der Waals surface area contributed by atoms with E-state index in [0.29, 0.717) is 10.8 Å². The Morgan fingerprint density at radius 1 is 1.12 bits per heavy atom. The molecule has 1 aliphatic heterocycles. The molecule has 0 fully saturated rings. The van der Waals surface area contributed by atoms with Gasteiger partial charge < -0.3 is 15.7 Å². The monoisotopic (exact) mass is 486 g/mol. The molecule has 1 aliphatic rings. The van der Waals surface area contributed by atoms with Gasteiger partial charge in [0.25, 0.3) is 0 Å². The van der Waals surface area contributed by atoms with Gasteiger partial charge in [0.15, 0.2) is 5.82 Å². The molecule has 2 aromatic heterocycles. The van der Waals surface area contributed by atoms with E-state index in [2.05, 4.69) is 34.7 Å². The van der Waals surface area contributed by atoms with Crippen molar-refractivity contribution in [3.05, 3.63) is 62.5 Å². The quantitative estimate of drug-likeness (QED) is 0.460. The van der Waals surface area contributed by atoms with Gasteiger partial charge in [-0.25, -0.2) is 4.79 Å². The van der Waals surface area contributed by atoms with Crippen LogP contribution in [0.5, 0.6) is 0 Å². The van der Waals surface area contributed by atoms with E-state index in [-0.39, 0.29) is 25.4 Å². The standard InChI is InChI=1S/C22H23ClN6O3S/c1-11-12(2)33-21-18(11)19(14-4-6-15(23)7-5-14)26-16(20-28-27-13(3)29(20)21)10-17(30)24-8-9-25-22(31)32/h4-7,16,25H,8-10H2,1-3H3,(H,24,30)(H,31,32). The van der Waals surface area contributed by atoms with Crippen LogP contribution in [0.4, 0.5) is 4.79 Å². The number of aliphatic imine (C=N–C) groups is 1. The number of carbonyl (C=O) groups is 2. The van der Waals surface area contributed by atoms with Gasteiger partial charge >= 0.3 is 6.09 Å². The highest BCUT2D eigenvalue weighted by atomic mass is 35.5. The van der Waals surface area contributed by atoms with Gasteiger partial charge in [0.05, 0.1) is 12.1 Å². The minimum Gasteiger partial charge on any atom is -0.465 e. The number of carboxylic acid groups (broad SMARTS) is 1. The van der Waals surface area contributed by atoms with Crippen LogP contribution in [0, 0.1) is 20.8 Å². The summed E-state index contributed by atoms with van der Waals surface area (Å²) in [6.07, 6.45) is -1.08. The smallest absolute Gasteiger partial charge is 0.404 e. The zero-order valence-electron chi connectivity index (χ0n) is 18.3. The molecular formula is C22H23ClN6O3S. The van der Waals surface area contributed by atoms with Gasteiger partial charge in [-0.1, -0.05) is 23.7 Å². The first-order valence-corrected chi connectivity index (χ1v) is 11.6. The number of carbonyl (C=O) groups excluding carboxylic acids is 1. The van der Waals surface area contributed by atoms with E-state index < -0.39 is 12.1 Å². The minimum absolute atomic E-state index is 0.0509. The van der Waals surface area contributed by atoms with Crippen LogP contribution in [-0.2, 0) is 4.79 Å². The van der Waals surface area contributed by atoms with E-state index in [0.717, 1.165) is 33.2 Å². The fraction of sp³-hybridized carbons (Fsp3) is 0.318. The fourth-order valence-electron chi connectivity index (χ4n) is 3.75. The second kappa shape index (κ2) is 9.32. The average Bonchev–Trinajstić information content (AvgIpc) is 3.24. The maximum Gasteiger partial charge on any atom is 0.404 e. The molecule has 0 spiro atoms. The number of thiophene rings is 1. The molecule has 3 aromatic rings. The van der Waals surface area contributed by atoms with Gasteiger partial charge in [0.1, 0.15) is 16.9 Å². The average molecular weight is 487 g/mol. The Labute approximate surface area is 199 Å². The molecule has 9 nitrogen and oxygen atoms in total. The predicted octanol–water partition coefficient (Wildman–Crippen LogP) is 3.57. The molecule has 1 aromatic carbocycles. The molecule has 0 aliphatic carbocycles. The van der Waals surface area contributed by atoms with E-state index >= 15 is 0 Å². The number of amides is 2. The van der Waals surface area contributed by atoms with Crippen molar-refractivity contribution in [1.82, 2.24) is 25.4 Å². The number of fused-ring (bicyclic) bond motifs is 3. The van der Waals surface area contributed by atoms with Crippen molar-refractivity contribution in [3.8, 4) is 5.00 Å². The Morgan fingerprint density at radius 3 is 2.52 bits per heavy atom. The highest BCUT2D eigenvalue weighted by molar-refractivity contribution is 7.15. The van der Waals surface area contributed by atoms with Crippen molar-refractivity contribution in [1.29, 1.82) is 0 Å². The van der Waals surface area contributed by atoms with Crippen LogP contribution < -0.4 is 10.6 Å². The summed E-state index contributed by atoms with van der Waals surface area (Å²) < 4.78 is 1.98. The normalized spacial score (nSPS) is 14.7. The number of nitrogens with one attached hydrogen (secondary N) is 2. The molecule has 33 heavy (non-hydrogen) atoms. The Kier molecular flexibility index (Phi) is 6.48. The summed E-state index contributed by atoms with van der Waals surface area (Å²) in [4.78, 5) is 29.5. The van der Waals surface area contributed by atoms with Crippen molar-refractivity contribution in [2.24, 2.45) is 4.99 Å². The molecule has 0 radical (unpaired) electrons. The Morgan fingerprint density at radius 2 is 1.82 bits per heavy atom. The number of aryl methyl sites for hydroxylation is 2. The summed E-state index contributed by atoms with van der Waals surface area (Å²) in [5.41, 5.74) is 3.79. The number of hydrogen-bond donors (Lipinski definition) is 3. The summed E-state index contributed by atoms with van der Waals surface area (Å²) in [5.74, 6) is 1.06. The molecule has 0 saturated carbocycles. The largest absolute Gasteiger partial charge is 0.465 e. The molecule has 3 N–H and O–H groups in total. The third-order valence-electron chi connectivity index (χ3n) is 5.46. The molecular weight excluding hydrogens is 464 g/mol. The molecule has 0 saturated heterocycles. The maximum atomic E-state index is 12.7. The Hall–Kier alpha value is -3.24. The third-order valence-corrected chi connectivity index (χ3v) is 6.90. The van der Waals surface area contributed by atoms with Gasteiger partial charge in [-0.05, 0) is 38.5 Å². The zero-order chi connectivity index (χ0) is 23.7. The van der Waals surface area contributed by atoms with E-state index in [9.17, 15) is 9.59 Å². The lowest BCUT2D eigenvalue weighted by Crippen LogP contribution is -2.34. The fourth-order valence-corrected chi connectivity index (χ4v) is 5.09. The second-order valence-electron chi connectivity index (χ2n) is 7.69. The summed E-state index contributed by atoms with van der Waals surface area (Å²) >= 11 is 7.76. The van der Waals surface area contributed by atoms with Crippen molar-refractivity contribution in [2.45, 2.75) is 33.2 Å². The summed E-state index contributed by atoms with van der Waals surface area (Å²) in [6, 6.07) is 6.92. The SMILES string of the molecule is Cc1sc2c(c1C)C(c1ccc(Cl)cc1)=NC(CC(=O)NCCNC(=O)O)c1nnc(C)n1-2. The van der Waals surface area contributed by atoms with Gasteiger partial charge in [-0.3, -0.25) is 14.4 Å². The van der Waals surface area contributed by atoms with Crippen molar-refractivity contribution < 1.29 is 14.7 Å². The van der Waals surface area contributed by atoms with Gasteiger partial charge in [0.2, 0.25) is 5.91 Å². The number of nitrogens with zero attached hydrogens (tertiary/aromatic N) is 4. The summed E-state index contributed by atoms with van der Waals surface area (Å²) in [6.45, 7) is 6.33. The second-order valence-corrected chi connectivity index (χ2v) is 9.33. The number of aromatic nitrogens is 3. The highest BCUT2D eigenvalue weighted by Crippen LogP contribution is 2.39. The molecule has 4 rings (SSSR count). The molecule has 1 unspecified atom stereocenters. The van der Waals surface area contributed by atoms with Gasteiger partial charge in [-0.2, -0.15) is 0 Å². The number of rotatable bonds is 6. The molecule has 2 amide bonds. The van der Waals surface area contributed by atoms with Crippen LogP contribution in [0.1, 0.15) is 45.7 Å². The topological polar surface area (TPSA) is 122 Å². The molecule has 1 atom stereocenters. The lowest BCUT2D eigenvalue weighted by molar-refractivity contribution is -0.121. The summed E-state index contributed by atoms with van der Waals surface area (Å²) in [7, 11) is 0. The Balaban J connectivity index is 1.75. The molecule has 11 heteroatoms. The van der Waals surface area contributed by atoms with Crippen LogP contribution in [-0.4, -0.2) is 50.7 Å². The van der Waals surface area contributed by atoms with Crippen LogP contribution in [0.3, 0.4) is 0 Å². The van der Waals surface area contributed by atoms with Gasteiger partial charge in [0, 0.05) is 34.1 Å². The van der Waals surface area contributed by atoms with E-state index in [1.165, 1.54) is 4.88 Å². The maximum absolute atomic E-state index is 12.7.